The van der Waals surface area contributed by atoms with Gasteiger partial charge in [0.05, 0.1) is 34.4 Å². The molecule has 0 fully saturated rings. The summed E-state index contributed by atoms with van der Waals surface area (Å²) in [7, 11) is 5.96. The highest BCUT2D eigenvalue weighted by atomic mass is 16.7. The maximum absolute atomic E-state index is 12.9. The van der Waals surface area contributed by atoms with Gasteiger partial charge in [0.15, 0.2) is 6.10 Å². The first kappa shape index (κ1) is 82.7. The fourth-order valence-corrected chi connectivity index (χ4v) is 10.7. The topological polar surface area (TPSA) is 108 Å². The Kier molecular flexibility index (Phi) is 65.1. The lowest BCUT2D eigenvalue weighted by molar-refractivity contribution is -0.870. The van der Waals surface area contributed by atoms with Crippen LogP contribution in [0.15, 0.2) is 72.9 Å². The first-order valence-corrected chi connectivity index (χ1v) is 36.6. The summed E-state index contributed by atoms with van der Waals surface area (Å²) in [6.07, 6.45) is 87.8. The monoisotopic (exact) mass is 1210 g/mol. The molecule has 0 spiro atoms. The number of hydrogen-bond acceptors (Lipinski definition) is 7. The molecule has 0 aromatic carbocycles. The quantitative estimate of drug-likeness (QED) is 0.0211. The van der Waals surface area contributed by atoms with Gasteiger partial charge < -0.3 is 28.5 Å². The van der Waals surface area contributed by atoms with Crippen LogP contribution in [0.4, 0.5) is 0 Å². The molecule has 9 nitrogen and oxygen atoms in total. The molecule has 0 saturated carbocycles. The SMILES string of the molecule is CC/C=C\C/C=C\C/C=C\C/C=C\C/C=C\C/C=C\CCCCC(=O)OC(COC(=O)CCCCCCCCCCCCCCCCCCCCCCCCCCCCCCCCCCCCCCCCCC)COC(OCC[N+](C)(C)C)C(=O)O. The molecule has 2 unspecified atom stereocenters. The molecule has 86 heavy (non-hydrogen) atoms. The second-order valence-corrected chi connectivity index (χ2v) is 25.9. The molecule has 9 heteroatoms. The summed E-state index contributed by atoms with van der Waals surface area (Å²) in [4.78, 5) is 37.6. The number of ether oxygens (including phenoxy) is 4. The van der Waals surface area contributed by atoms with E-state index in [0.717, 1.165) is 70.6 Å². The van der Waals surface area contributed by atoms with Crippen LogP contribution >= 0.6 is 0 Å². The molecule has 0 rings (SSSR count). The minimum atomic E-state index is -1.53. The molecule has 0 aromatic heterocycles. The standard InChI is InChI=1S/C77H139NO8/c1-6-8-10-12-14-16-18-20-22-24-26-28-29-30-31-32-33-34-35-36-37-38-39-40-41-42-43-44-45-46-48-49-51-53-55-57-59-61-63-65-67-74(79)84-71-73(72-85-77(76(81)82)83-70-69-78(3,4)5)86-75(80)68-66-64-62-60-58-56-54-52-50-47-27-25-23-21-19-17-15-13-11-9-7-2/h9,11,15,17,21,23,27,47,52,54,58,60,73,77H,6-8,10,12-14,16,18-20,22,24-26,28-46,48-51,53,55-57,59,61-72H2,1-5H3/p+1/b11-9-,17-15-,23-21-,47-27-,54-52-,60-58-. The van der Waals surface area contributed by atoms with Gasteiger partial charge in [-0.25, -0.2) is 4.79 Å². The van der Waals surface area contributed by atoms with Crippen molar-refractivity contribution < 1.29 is 42.9 Å². The van der Waals surface area contributed by atoms with Crippen LogP contribution in [0.2, 0.25) is 0 Å². The third-order valence-electron chi connectivity index (χ3n) is 16.2. The number of hydrogen-bond donors (Lipinski definition) is 1. The summed E-state index contributed by atoms with van der Waals surface area (Å²) >= 11 is 0. The van der Waals surface area contributed by atoms with E-state index in [4.69, 9.17) is 18.9 Å². The zero-order chi connectivity index (χ0) is 62.6. The Bertz CT molecular complexity index is 1640. The number of esters is 2. The largest absolute Gasteiger partial charge is 0.477 e. The van der Waals surface area contributed by atoms with Crippen molar-refractivity contribution >= 4 is 17.9 Å². The predicted octanol–water partition coefficient (Wildman–Crippen LogP) is 22.9. The zero-order valence-corrected chi connectivity index (χ0v) is 57.2. The Labute approximate surface area is 532 Å². The molecule has 1 N–H and O–H groups in total. The van der Waals surface area contributed by atoms with E-state index in [0.29, 0.717) is 23.9 Å². The van der Waals surface area contributed by atoms with Gasteiger partial charge >= 0.3 is 17.9 Å². The number of carbonyl (C=O) groups excluding carboxylic acids is 2. The average Bonchev–Trinajstić information content (AvgIpc) is 3.64. The third kappa shape index (κ3) is 68.2. The highest BCUT2D eigenvalue weighted by molar-refractivity contribution is 5.71. The van der Waals surface area contributed by atoms with Crippen LogP contribution in [-0.2, 0) is 33.3 Å². The summed E-state index contributed by atoms with van der Waals surface area (Å²) in [5, 5.41) is 9.73. The van der Waals surface area contributed by atoms with Crippen molar-refractivity contribution in [2.45, 2.75) is 354 Å². The fourth-order valence-electron chi connectivity index (χ4n) is 10.7. The van der Waals surface area contributed by atoms with Crippen molar-refractivity contribution in [3.63, 3.8) is 0 Å². The summed E-state index contributed by atoms with van der Waals surface area (Å²) in [6.45, 7) is 4.75. The van der Waals surface area contributed by atoms with Gasteiger partial charge in [0.1, 0.15) is 13.2 Å². The van der Waals surface area contributed by atoms with Crippen molar-refractivity contribution in [1.29, 1.82) is 0 Å². The number of likely N-dealkylation sites (N-methyl/N-ethyl adjacent to an activating group) is 1. The van der Waals surface area contributed by atoms with Gasteiger partial charge in [-0.05, 0) is 64.2 Å². The third-order valence-corrected chi connectivity index (χ3v) is 16.2. The van der Waals surface area contributed by atoms with Gasteiger partial charge in [-0.2, -0.15) is 0 Å². The van der Waals surface area contributed by atoms with E-state index in [1.165, 1.54) is 238 Å². The van der Waals surface area contributed by atoms with E-state index in [1.807, 2.05) is 21.1 Å². The number of carbonyl (C=O) groups is 3. The highest BCUT2D eigenvalue weighted by Crippen LogP contribution is 2.19. The average molecular weight is 1210 g/mol. The predicted molar refractivity (Wildman–Crippen MR) is 369 cm³/mol. The van der Waals surface area contributed by atoms with E-state index in [2.05, 4.69) is 86.8 Å². The smallest absolute Gasteiger partial charge is 0.361 e. The normalized spacial score (nSPS) is 13.1. The molecule has 500 valence electrons. The molecular weight excluding hydrogens is 1070 g/mol. The summed E-state index contributed by atoms with van der Waals surface area (Å²) < 4.78 is 22.9. The molecule has 0 bridgehead atoms. The minimum Gasteiger partial charge on any atom is -0.477 e. The van der Waals surface area contributed by atoms with E-state index in [-0.39, 0.29) is 32.2 Å². The molecule has 0 radical (unpaired) electrons. The van der Waals surface area contributed by atoms with Crippen molar-refractivity contribution in [3.8, 4) is 0 Å². The van der Waals surface area contributed by atoms with Crippen molar-refractivity contribution in [2.24, 2.45) is 0 Å². The van der Waals surface area contributed by atoms with Crippen LogP contribution in [0.1, 0.15) is 341 Å². The zero-order valence-electron chi connectivity index (χ0n) is 57.2. The molecule has 0 aliphatic rings. The lowest BCUT2D eigenvalue weighted by atomic mass is 10.0. The number of allylic oxidation sites excluding steroid dienone is 12. The number of unbranched alkanes of at least 4 members (excludes halogenated alkanes) is 41. The van der Waals surface area contributed by atoms with E-state index in [9.17, 15) is 19.5 Å². The molecule has 2 atom stereocenters. The van der Waals surface area contributed by atoms with E-state index < -0.39 is 24.3 Å². The fraction of sp³-hybridized carbons (Fsp3) is 0.805. The van der Waals surface area contributed by atoms with E-state index in [1.54, 1.807) is 0 Å². The first-order valence-electron chi connectivity index (χ1n) is 36.6. The Hall–Kier alpha value is -3.27. The molecule has 0 aromatic rings. The number of rotatable bonds is 68. The van der Waals surface area contributed by atoms with Crippen LogP contribution in [0.5, 0.6) is 0 Å². The lowest BCUT2D eigenvalue weighted by Gasteiger charge is -2.25. The molecule has 0 aliphatic carbocycles. The number of quaternary nitrogens is 1. The van der Waals surface area contributed by atoms with Crippen molar-refractivity contribution in [1.82, 2.24) is 0 Å². The van der Waals surface area contributed by atoms with Crippen LogP contribution in [0.25, 0.3) is 0 Å². The van der Waals surface area contributed by atoms with Crippen LogP contribution < -0.4 is 0 Å². The van der Waals surface area contributed by atoms with Gasteiger partial charge in [0.25, 0.3) is 6.29 Å². The Morgan fingerprint density at radius 2 is 0.663 bits per heavy atom. The summed E-state index contributed by atoms with van der Waals surface area (Å²) in [5.74, 6) is -2.05. The number of nitrogens with zero attached hydrogens (tertiary/aromatic N) is 1. The van der Waals surface area contributed by atoms with Gasteiger partial charge in [0, 0.05) is 12.8 Å². The van der Waals surface area contributed by atoms with Crippen LogP contribution in [-0.4, -0.2) is 87.4 Å². The second kappa shape index (κ2) is 67.7. The Balaban J connectivity index is 3.98. The van der Waals surface area contributed by atoms with Gasteiger partial charge in [-0.1, -0.05) is 337 Å². The van der Waals surface area contributed by atoms with Crippen LogP contribution in [0, 0.1) is 0 Å². The highest BCUT2D eigenvalue weighted by Gasteiger charge is 2.25. The van der Waals surface area contributed by atoms with Crippen LogP contribution in [0.3, 0.4) is 0 Å². The maximum Gasteiger partial charge on any atom is 0.361 e. The van der Waals surface area contributed by atoms with Gasteiger partial charge in [0.2, 0.25) is 0 Å². The van der Waals surface area contributed by atoms with Crippen molar-refractivity contribution in [3.05, 3.63) is 72.9 Å². The summed E-state index contributed by atoms with van der Waals surface area (Å²) in [5.41, 5.74) is 0. The molecular formula is C77H140NO8+. The Morgan fingerprint density at radius 3 is 0.988 bits per heavy atom. The molecule has 0 aliphatic heterocycles. The maximum atomic E-state index is 12.9. The van der Waals surface area contributed by atoms with Gasteiger partial charge in [-0.15, -0.1) is 0 Å². The molecule has 0 amide bonds. The lowest BCUT2D eigenvalue weighted by Crippen LogP contribution is -2.40. The van der Waals surface area contributed by atoms with Crippen molar-refractivity contribution in [2.75, 3.05) is 47.5 Å². The number of carboxylic acids is 1. The Morgan fingerprint density at radius 1 is 0.360 bits per heavy atom. The first-order chi connectivity index (χ1) is 42.1. The number of aliphatic carboxylic acids is 1. The minimum absolute atomic E-state index is 0.177. The second-order valence-electron chi connectivity index (χ2n) is 25.9. The van der Waals surface area contributed by atoms with Gasteiger partial charge in [-0.3, -0.25) is 9.59 Å². The molecule has 0 heterocycles. The van der Waals surface area contributed by atoms with E-state index >= 15 is 0 Å². The summed E-state index contributed by atoms with van der Waals surface area (Å²) in [6, 6.07) is 0. The number of carboxylic acid groups (broad SMARTS) is 1. The molecule has 0 saturated heterocycles.